The third-order valence-electron chi connectivity index (χ3n) is 8.82. The zero-order valence-electron chi connectivity index (χ0n) is 23.1. The molecular formula is C33H41N2O3+. The van der Waals surface area contributed by atoms with Gasteiger partial charge < -0.3 is 14.6 Å². The number of nitrogens with zero attached hydrogens (tertiary/aromatic N) is 2. The molecule has 1 aliphatic carbocycles. The van der Waals surface area contributed by atoms with Gasteiger partial charge in [0.05, 0.1) is 18.6 Å². The first-order chi connectivity index (χ1) is 18.5. The van der Waals surface area contributed by atoms with Gasteiger partial charge in [-0.1, -0.05) is 25.1 Å². The quantitative estimate of drug-likeness (QED) is 0.464. The van der Waals surface area contributed by atoms with Gasteiger partial charge in [0.1, 0.15) is 23.8 Å². The van der Waals surface area contributed by atoms with E-state index in [-0.39, 0.29) is 5.41 Å². The number of hydrogen-bond acceptors (Lipinski definition) is 4. The van der Waals surface area contributed by atoms with Crippen LogP contribution in [0.3, 0.4) is 0 Å². The Kier molecular flexibility index (Phi) is 6.92. The summed E-state index contributed by atoms with van der Waals surface area (Å²) < 4.78 is 14.6. The Morgan fingerprint density at radius 1 is 1.13 bits per heavy atom. The predicted octanol–water partition coefficient (Wildman–Crippen LogP) is 6.26. The number of rotatable bonds is 6. The minimum Gasteiger partial charge on any atom is -0.507 e. The number of morpholine rings is 1. The van der Waals surface area contributed by atoms with Crippen molar-refractivity contribution in [2.75, 3.05) is 32.8 Å². The number of benzene rings is 2. The van der Waals surface area contributed by atoms with Crippen molar-refractivity contribution in [3.05, 3.63) is 76.6 Å². The molecule has 1 saturated heterocycles. The fourth-order valence-corrected chi connectivity index (χ4v) is 6.78. The zero-order chi connectivity index (χ0) is 26.3. The lowest BCUT2D eigenvalue weighted by Gasteiger charge is -2.33. The van der Waals surface area contributed by atoms with Gasteiger partial charge in [0.25, 0.3) is 0 Å². The lowest BCUT2D eigenvalue weighted by Crippen LogP contribution is -2.35. The average molecular weight is 514 g/mol. The first kappa shape index (κ1) is 25.4. The van der Waals surface area contributed by atoms with E-state index in [0.717, 1.165) is 82.1 Å². The van der Waals surface area contributed by atoms with Crippen LogP contribution in [-0.2, 0) is 23.1 Å². The molecule has 6 rings (SSSR count). The molecule has 0 saturated carbocycles. The van der Waals surface area contributed by atoms with Crippen LogP contribution >= 0.6 is 0 Å². The molecule has 2 aromatic carbocycles. The van der Waals surface area contributed by atoms with Crippen molar-refractivity contribution in [2.45, 2.75) is 64.8 Å². The van der Waals surface area contributed by atoms with E-state index in [9.17, 15) is 5.11 Å². The Balaban J connectivity index is 1.30. The van der Waals surface area contributed by atoms with Gasteiger partial charge in [0, 0.05) is 61.3 Å². The summed E-state index contributed by atoms with van der Waals surface area (Å²) in [7, 11) is 0. The number of fused-ring (bicyclic) bond motifs is 3. The maximum Gasteiger partial charge on any atom is 0.209 e. The van der Waals surface area contributed by atoms with Gasteiger partial charge in [-0.3, -0.25) is 4.90 Å². The van der Waals surface area contributed by atoms with Crippen molar-refractivity contribution in [1.29, 1.82) is 0 Å². The summed E-state index contributed by atoms with van der Waals surface area (Å²) in [6, 6.07) is 12.9. The summed E-state index contributed by atoms with van der Waals surface area (Å²) in [6.45, 7) is 12.1. The molecule has 1 N–H and O–H groups in total. The first-order valence-corrected chi connectivity index (χ1v) is 14.4. The van der Waals surface area contributed by atoms with Crippen molar-refractivity contribution >= 4 is 11.4 Å². The largest absolute Gasteiger partial charge is 0.507 e. The molecule has 200 valence electrons. The smallest absolute Gasteiger partial charge is 0.209 e. The SMILES string of the molecule is CCC[N+]1=C(/C=C/C2=C3Oc4cc(O)c(CN5CCOCC5)cc4CC3CCC2)C(C)(C)c2ccccc21. The van der Waals surface area contributed by atoms with E-state index in [2.05, 4.69) is 72.7 Å². The summed E-state index contributed by atoms with van der Waals surface area (Å²) in [6.07, 6.45) is 10.1. The lowest BCUT2D eigenvalue weighted by molar-refractivity contribution is -0.437. The van der Waals surface area contributed by atoms with E-state index in [1.54, 1.807) is 0 Å². The Morgan fingerprint density at radius 3 is 2.76 bits per heavy atom. The number of para-hydroxylation sites is 1. The van der Waals surface area contributed by atoms with E-state index >= 15 is 0 Å². The fourth-order valence-electron chi connectivity index (χ4n) is 6.78. The molecule has 3 heterocycles. The normalized spacial score (nSPS) is 22.9. The predicted molar refractivity (Wildman–Crippen MR) is 152 cm³/mol. The minimum absolute atomic E-state index is 0.0374. The van der Waals surface area contributed by atoms with Crippen LogP contribution in [0, 0.1) is 5.92 Å². The van der Waals surface area contributed by atoms with E-state index < -0.39 is 0 Å². The van der Waals surface area contributed by atoms with Crippen LogP contribution in [-0.4, -0.2) is 53.1 Å². The van der Waals surface area contributed by atoms with Gasteiger partial charge in [-0.25, -0.2) is 0 Å². The molecule has 2 aromatic rings. The van der Waals surface area contributed by atoms with Gasteiger partial charge in [-0.15, -0.1) is 0 Å². The summed E-state index contributed by atoms with van der Waals surface area (Å²) >= 11 is 0. The van der Waals surface area contributed by atoms with Crippen molar-refractivity contribution in [1.82, 2.24) is 4.90 Å². The molecule has 3 aliphatic heterocycles. The zero-order valence-corrected chi connectivity index (χ0v) is 23.1. The Bertz CT molecular complexity index is 1310. The number of phenolic OH excluding ortho intramolecular Hbond substituents is 1. The molecule has 0 spiro atoms. The third-order valence-corrected chi connectivity index (χ3v) is 8.82. The van der Waals surface area contributed by atoms with Crippen LogP contribution in [0.5, 0.6) is 11.5 Å². The first-order valence-electron chi connectivity index (χ1n) is 14.4. The molecule has 5 heteroatoms. The molecule has 1 unspecified atom stereocenters. The molecule has 5 nitrogen and oxygen atoms in total. The molecule has 0 radical (unpaired) electrons. The van der Waals surface area contributed by atoms with Crippen LogP contribution in [0.4, 0.5) is 5.69 Å². The number of aromatic hydroxyl groups is 1. The van der Waals surface area contributed by atoms with Crippen LogP contribution in [0.15, 0.2) is 59.9 Å². The molecule has 1 atom stereocenters. The highest BCUT2D eigenvalue weighted by Gasteiger charge is 2.44. The highest BCUT2D eigenvalue weighted by Crippen LogP contribution is 2.44. The average Bonchev–Trinajstić information content (AvgIpc) is 3.13. The van der Waals surface area contributed by atoms with E-state index in [4.69, 9.17) is 9.47 Å². The van der Waals surface area contributed by atoms with Gasteiger partial charge in [-0.2, -0.15) is 4.58 Å². The van der Waals surface area contributed by atoms with Crippen LogP contribution < -0.4 is 4.74 Å². The highest BCUT2D eigenvalue weighted by molar-refractivity contribution is 6.03. The third kappa shape index (κ3) is 4.60. The molecular weight excluding hydrogens is 472 g/mol. The number of ether oxygens (including phenoxy) is 2. The highest BCUT2D eigenvalue weighted by atomic mass is 16.5. The second kappa shape index (κ2) is 10.3. The second-order valence-corrected chi connectivity index (χ2v) is 11.8. The van der Waals surface area contributed by atoms with Crippen molar-refractivity contribution in [3.63, 3.8) is 0 Å². The van der Waals surface area contributed by atoms with Crippen LogP contribution in [0.1, 0.15) is 63.1 Å². The molecule has 0 aromatic heterocycles. The van der Waals surface area contributed by atoms with Crippen molar-refractivity contribution in [3.8, 4) is 11.5 Å². The van der Waals surface area contributed by atoms with Gasteiger partial charge in [-0.05, 0) is 62.8 Å². The van der Waals surface area contributed by atoms with E-state index in [0.29, 0.717) is 11.7 Å². The van der Waals surface area contributed by atoms with Gasteiger partial charge in [0.2, 0.25) is 5.69 Å². The molecule has 38 heavy (non-hydrogen) atoms. The second-order valence-electron chi connectivity index (χ2n) is 11.8. The molecule has 0 bridgehead atoms. The summed E-state index contributed by atoms with van der Waals surface area (Å²) in [5.41, 5.74) is 7.58. The number of hydrogen-bond donors (Lipinski definition) is 1. The lowest BCUT2D eigenvalue weighted by atomic mass is 9.80. The van der Waals surface area contributed by atoms with E-state index in [1.807, 2.05) is 6.07 Å². The maximum atomic E-state index is 10.9. The van der Waals surface area contributed by atoms with Gasteiger partial charge >= 0.3 is 0 Å². The number of phenols is 1. The van der Waals surface area contributed by atoms with Crippen LogP contribution in [0.25, 0.3) is 0 Å². The summed E-state index contributed by atoms with van der Waals surface area (Å²) in [5, 5.41) is 10.9. The van der Waals surface area contributed by atoms with Crippen LogP contribution in [0.2, 0.25) is 0 Å². The Morgan fingerprint density at radius 2 is 1.95 bits per heavy atom. The topological polar surface area (TPSA) is 44.9 Å². The van der Waals surface area contributed by atoms with Crippen molar-refractivity contribution < 1.29 is 19.2 Å². The monoisotopic (exact) mass is 513 g/mol. The number of allylic oxidation sites excluding steroid dienone is 4. The standard InChI is InChI=1S/C33H40N2O3/c1-4-14-35-28-11-6-5-10-27(28)33(2,3)31(35)13-12-23-8-7-9-24-19-25-20-26(22-34-15-17-37-18-16-34)29(36)21-30(25)38-32(23)24/h5-6,10-13,20-21,24H,4,7-9,14-19,22H2,1-3H3/p+1/b13-12+. The van der Waals surface area contributed by atoms with Gasteiger partial charge in [0.15, 0.2) is 5.71 Å². The van der Waals surface area contributed by atoms with Crippen molar-refractivity contribution in [2.24, 2.45) is 5.92 Å². The fraction of sp³-hybridized carbons (Fsp3) is 0.485. The summed E-state index contributed by atoms with van der Waals surface area (Å²) in [4.78, 5) is 2.35. The maximum absolute atomic E-state index is 10.9. The molecule has 1 fully saturated rings. The minimum atomic E-state index is -0.0374. The Labute approximate surface area is 227 Å². The molecule has 4 aliphatic rings. The Hall–Kier alpha value is -2.89. The molecule has 0 amide bonds. The summed E-state index contributed by atoms with van der Waals surface area (Å²) in [5.74, 6) is 2.66. The van der Waals surface area contributed by atoms with E-state index in [1.165, 1.54) is 34.5 Å².